The highest BCUT2D eigenvalue weighted by atomic mass is 35.5. The Kier molecular flexibility index (Phi) is 4.35. The molecule has 1 aromatic rings. The zero-order chi connectivity index (χ0) is 15.8. The number of hydrogen-bond acceptors (Lipinski definition) is 2. The van der Waals surface area contributed by atoms with Gasteiger partial charge < -0.3 is 15.3 Å². The van der Waals surface area contributed by atoms with Crippen molar-refractivity contribution in [3.05, 3.63) is 27.7 Å². The summed E-state index contributed by atoms with van der Waals surface area (Å²) in [5, 5.41) is 12.8. The molecule has 1 aliphatic rings. The molecule has 1 fully saturated rings. The first-order valence-corrected chi connectivity index (χ1v) is 7.23. The van der Waals surface area contributed by atoms with Crippen molar-refractivity contribution in [2.24, 2.45) is 5.41 Å². The second-order valence-electron chi connectivity index (χ2n) is 5.53. The maximum atomic E-state index is 12.2. The van der Waals surface area contributed by atoms with Crippen molar-refractivity contribution in [1.82, 2.24) is 4.90 Å². The molecule has 2 rings (SSSR count). The van der Waals surface area contributed by atoms with Crippen LogP contribution in [-0.4, -0.2) is 35.1 Å². The second-order valence-corrected chi connectivity index (χ2v) is 6.35. The van der Waals surface area contributed by atoms with Crippen molar-refractivity contribution >= 4 is 40.9 Å². The largest absolute Gasteiger partial charge is 0.481 e. The Morgan fingerprint density at radius 3 is 2.38 bits per heavy atom. The number of urea groups is 1. The highest BCUT2D eigenvalue weighted by molar-refractivity contribution is 6.36. The number of amides is 2. The third kappa shape index (κ3) is 3.24. The van der Waals surface area contributed by atoms with E-state index in [0.717, 1.165) is 5.56 Å². The lowest BCUT2D eigenvalue weighted by Crippen LogP contribution is -2.37. The number of nitrogens with one attached hydrogen (secondary N) is 1. The fourth-order valence-electron chi connectivity index (χ4n) is 2.23. The van der Waals surface area contributed by atoms with Crippen molar-refractivity contribution in [1.29, 1.82) is 0 Å². The molecule has 1 atom stereocenters. The summed E-state index contributed by atoms with van der Waals surface area (Å²) in [4.78, 5) is 24.8. The first-order valence-electron chi connectivity index (χ1n) is 6.48. The van der Waals surface area contributed by atoms with E-state index in [2.05, 4.69) is 5.32 Å². The Morgan fingerprint density at radius 2 is 1.90 bits per heavy atom. The number of benzene rings is 1. The standard InChI is InChI=1S/C14H16Cl2N2O3/c1-8-10(15)5-9(6-11(8)16)17-13(21)18-4-3-14(2,7-18)12(19)20/h5-6H,3-4,7H2,1-2H3,(H,17,21)(H,19,20). The van der Waals surface area contributed by atoms with E-state index >= 15 is 0 Å². The van der Waals surface area contributed by atoms with Crippen LogP contribution in [0.1, 0.15) is 18.9 Å². The molecule has 1 saturated heterocycles. The van der Waals surface area contributed by atoms with Gasteiger partial charge in [0.2, 0.25) is 0 Å². The SMILES string of the molecule is Cc1c(Cl)cc(NC(=O)N2CCC(C)(C(=O)O)C2)cc1Cl. The smallest absolute Gasteiger partial charge is 0.321 e. The number of hydrogen-bond donors (Lipinski definition) is 2. The predicted molar refractivity (Wildman–Crippen MR) is 82.2 cm³/mol. The molecule has 2 amide bonds. The number of likely N-dealkylation sites (tertiary alicyclic amines) is 1. The number of aliphatic carboxylic acids is 1. The van der Waals surface area contributed by atoms with Crippen LogP contribution < -0.4 is 5.32 Å². The first kappa shape index (κ1) is 15.9. The van der Waals surface area contributed by atoms with Crippen LogP contribution in [-0.2, 0) is 4.79 Å². The van der Waals surface area contributed by atoms with Crippen LogP contribution in [0.15, 0.2) is 12.1 Å². The predicted octanol–water partition coefficient (Wildman–Crippen LogP) is 3.63. The lowest BCUT2D eigenvalue weighted by Gasteiger charge is -2.20. The molecule has 0 aliphatic carbocycles. The van der Waals surface area contributed by atoms with Gasteiger partial charge in [0, 0.05) is 28.8 Å². The number of halogens is 2. The third-order valence-electron chi connectivity index (χ3n) is 3.81. The number of anilines is 1. The molecule has 0 spiro atoms. The van der Waals surface area contributed by atoms with E-state index in [1.54, 1.807) is 26.0 Å². The van der Waals surface area contributed by atoms with Gasteiger partial charge in [0.15, 0.2) is 0 Å². The van der Waals surface area contributed by atoms with Gasteiger partial charge in [-0.2, -0.15) is 0 Å². The van der Waals surface area contributed by atoms with Crippen molar-refractivity contribution < 1.29 is 14.7 Å². The monoisotopic (exact) mass is 330 g/mol. The van der Waals surface area contributed by atoms with E-state index in [9.17, 15) is 14.7 Å². The van der Waals surface area contributed by atoms with Gasteiger partial charge >= 0.3 is 12.0 Å². The second kappa shape index (κ2) is 5.73. The van der Waals surface area contributed by atoms with Crippen LogP contribution in [0.4, 0.5) is 10.5 Å². The van der Waals surface area contributed by atoms with Crippen LogP contribution in [0.5, 0.6) is 0 Å². The Hall–Kier alpha value is -1.46. The van der Waals surface area contributed by atoms with Crippen LogP contribution in [0.3, 0.4) is 0 Å². The molecule has 114 valence electrons. The van der Waals surface area contributed by atoms with Crippen LogP contribution >= 0.6 is 23.2 Å². The highest BCUT2D eigenvalue weighted by Gasteiger charge is 2.42. The molecule has 5 nitrogen and oxygen atoms in total. The molecule has 1 heterocycles. The average Bonchev–Trinajstić information content (AvgIpc) is 2.80. The fraction of sp³-hybridized carbons (Fsp3) is 0.429. The maximum absolute atomic E-state index is 12.2. The summed E-state index contributed by atoms with van der Waals surface area (Å²) in [7, 11) is 0. The van der Waals surface area contributed by atoms with Crippen LogP contribution in [0, 0.1) is 12.3 Å². The average molecular weight is 331 g/mol. The van der Waals surface area contributed by atoms with Gasteiger partial charge in [-0.25, -0.2) is 4.79 Å². The number of rotatable bonds is 2. The quantitative estimate of drug-likeness (QED) is 0.869. The Morgan fingerprint density at radius 1 is 1.33 bits per heavy atom. The molecule has 0 bridgehead atoms. The normalized spacial score (nSPS) is 21.4. The van der Waals surface area contributed by atoms with Gasteiger partial charge in [-0.15, -0.1) is 0 Å². The lowest BCUT2D eigenvalue weighted by atomic mass is 9.90. The molecular formula is C14H16Cl2N2O3. The van der Waals surface area contributed by atoms with E-state index in [4.69, 9.17) is 23.2 Å². The van der Waals surface area contributed by atoms with Crippen molar-refractivity contribution in [3.8, 4) is 0 Å². The van der Waals surface area contributed by atoms with E-state index in [1.807, 2.05) is 0 Å². The molecule has 7 heteroatoms. The van der Waals surface area contributed by atoms with Gasteiger partial charge in [0.1, 0.15) is 0 Å². The van der Waals surface area contributed by atoms with Gasteiger partial charge in [-0.05, 0) is 38.0 Å². The number of carboxylic acids is 1. The van der Waals surface area contributed by atoms with Gasteiger partial charge in [0.25, 0.3) is 0 Å². The van der Waals surface area contributed by atoms with Crippen LogP contribution in [0.25, 0.3) is 0 Å². The Labute approximate surface area is 132 Å². The minimum absolute atomic E-state index is 0.182. The summed E-state index contributed by atoms with van der Waals surface area (Å²) in [6.45, 7) is 4.01. The minimum Gasteiger partial charge on any atom is -0.481 e. The number of carbonyl (C=O) groups is 2. The van der Waals surface area contributed by atoms with Gasteiger partial charge in [-0.3, -0.25) is 4.79 Å². The molecule has 1 aliphatic heterocycles. The molecule has 0 radical (unpaired) electrons. The summed E-state index contributed by atoms with van der Waals surface area (Å²) < 4.78 is 0. The topological polar surface area (TPSA) is 69.6 Å². The van der Waals surface area contributed by atoms with Crippen LogP contribution in [0.2, 0.25) is 10.0 Å². The van der Waals surface area contributed by atoms with Gasteiger partial charge in [-0.1, -0.05) is 23.2 Å². The zero-order valence-corrected chi connectivity index (χ0v) is 13.3. The third-order valence-corrected chi connectivity index (χ3v) is 4.59. The number of carbonyl (C=O) groups excluding carboxylic acids is 1. The van der Waals surface area contributed by atoms with E-state index in [-0.39, 0.29) is 12.6 Å². The van der Waals surface area contributed by atoms with E-state index in [0.29, 0.717) is 28.7 Å². The molecule has 0 saturated carbocycles. The van der Waals surface area contributed by atoms with Crippen molar-refractivity contribution in [2.75, 3.05) is 18.4 Å². The Balaban J connectivity index is 2.08. The summed E-state index contributed by atoms with van der Waals surface area (Å²) in [5.74, 6) is -0.890. The maximum Gasteiger partial charge on any atom is 0.321 e. The van der Waals surface area contributed by atoms with Crippen molar-refractivity contribution in [2.45, 2.75) is 20.3 Å². The first-order chi connectivity index (χ1) is 9.73. The number of carboxylic acid groups (broad SMARTS) is 1. The Bertz CT molecular complexity index is 583. The summed E-state index contributed by atoms with van der Waals surface area (Å²) >= 11 is 12.0. The number of nitrogens with zero attached hydrogens (tertiary/aromatic N) is 1. The molecule has 2 N–H and O–H groups in total. The van der Waals surface area contributed by atoms with E-state index in [1.165, 1.54) is 4.90 Å². The fourth-order valence-corrected chi connectivity index (χ4v) is 2.72. The molecule has 1 aromatic carbocycles. The minimum atomic E-state index is -0.890. The van der Waals surface area contributed by atoms with Gasteiger partial charge in [0.05, 0.1) is 5.41 Å². The van der Waals surface area contributed by atoms with Crippen molar-refractivity contribution in [3.63, 3.8) is 0 Å². The zero-order valence-electron chi connectivity index (χ0n) is 11.7. The molecule has 21 heavy (non-hydrogen) atoms. The highest BCUT2D eigenvalue weighted by Crippen LogP contribution is 2.31. The summed E-state index contributed by atoms with van der Waals surface area (Å²) in [5.41, 5.74) is 0.348. The molecular weight excluding hydrogens is 315 g/mol. The summed E-state index contributed by atoms with van der Waals surface area (Å²) in [6.07, 6.45) is 0.436. The van der Waals surface area contributed by atoms with E-state index < -0.39 is 11.4 Å². The molecule has 1 unspecified atom stereocenters. The summed E-state index contributed by atoms with van der Waals surface area (Å²) in [6, 6.07) is 2.89. The lowest BCUT2D eigenvalue weighted by molar-refractivity contribution is -0.146. The molecule has 0 aromatic heterocycles.